The van der Waals surface area contributed by atoms with Crippen LogP contribution >= 0.6 is 0 Å². The molecule has 0 fully saturated rings. The van der Waals surface area contributed by atoms with Crippen molar-refractivity contribution in [2.75, 3.05) is 5.32 Å². The summed E-state index contributed by atoms with van der Waals surface area (Å²) >= 11 is 0. The Bertz CT molecular complexity index is 704. The summed E-state index contributed by atoms with van der Waals surface area (Å²) in [7, 11) is 0. The number of nitrogens with one attached hydrogen (secondary N) is 1. The minimum absolute atomic E-state index is 0.0845. The third-order valence-electron chi connectivity index (χ3n) is 2.75. The van der Waals surface area contributed by atoms with E-state index in [1.165, 1.54) is 6.07 Å². The Morgan fingerprint density at radius 3 is 2.29 bits per heavy atom. The quantitative estimate of drug-likeness (QED) is 0.849. The summed E-state index contributed by atoms with van der Waals surface area (Å²) in [6.07, 6.45) is 0. The van der Waals surface area contributed by atoms with Gasteiger partial charge in [-0.1, -0.05) is 6.07 Å². The van der Waals surface area contributed by atoms with Crippen LogP contribution in [0.1, 0.15) is 15.9 Å². The molecule has 110 valence electrons. The Morgan fingerprint density at radius 1 is 0.952 bits per heavy atom. The molecule has 3 nitrogen and oxygen atoms in total. The van der Waals surface area contributed by atoms with Crippen LogP contribution in [-0.2, 0) is 6.54 Å². The van der Waals surface area contributed by atoms with Crippen molar-refractivity contribution >= 4 is 11.7 Å². The molecule has 0 unspecified atom stereocenters. The summed E-state index contributed by atoms with van der Waals surface area (Å²) in [5.74, 6) is -5.79. The molecule has 0 heterocycles. The van der Waals surface area contributed by atoms with Gasteiger partial charge in [-0.05, 0) is 23.8 Å². The highest BCUT2D eigenvalue weighted by atomic mass is 19.2. The van der Waals surface area contributed by atoms with Gasteiger partial charge in [0, 0.05) is 12.6 Å². The Labute approximate surface area is 116 Å². The Balaban J connectivity index is 2.21. The number of hydrogen-bond donors (Lipinski definition) is 2. The fourth-order valence-corrected chi connectivity index (χ4v) is 1.70. The second-order valence-corrected chi connectivity index (χ2v) is 4.22. The van der Waals surface area contributed by atoms with Crippen LogP contribution in [0.15, 0.2) is 30.3 Å². The monoisotopic (exact) mass is 299 g/mol. The molecule has 0 amide bonds. The first kappa shape index (κ1) is 14.8. The van der Waals surface area contributed by atoms with Gasteiger partial charge in [0.05, 0.1) is 11.3 Å². The molecule has 0 saturated carbocycles. The van der Waals surface area contributed by atoms with Gasteiger partial charge in [0.2, 0.25) is 0 Å². The van der Waals surface area contributed by atoms with Gasteiger partial charge in [0.15, 0.2) is 11.6 Å². The van der Waals surface area contributed by atoms with Crippen molar-refractivity contribution in [3.05, 3.63) is 64.7 Å². The van der Waals surface area contributed by atoms with E-state index in [-0.39, 0.29) is 12.2 Å². The normalized spacial score (nSPS) is 10.5. The molecule has 21 heavy (non-hydrogen) atoms. The third kappa shape index (κ3) is 3.31. The highest BCUT2D eigenvalue weighted by molar-refractivity contribution is 5.89. The summed E-state index contributed by atoms with van der Waals surface area (Å²) in [6.45, 7) is -0.0845. The van der Waals surface area contributed by atoms with Crippen LogP contribution in [0.2, 0.25) is 0 Å². The molecule has 7 heteroatoms. The van der Waals surface area contributed by atoms with Gasteiger partial charge in [-0.15, -0.1) is 0 Å². The number of carbonyl (C=O) groups is 1. The largest absolute Gasteiger partial charge is 0.478 e. The van der Waals surface area contributed by atoms with E-state index in [2.05, 4.69) is 5.32 Å². The van der Waals surface area contributed by atoms with Crippen LogP contribution in [0.25, 0.3) is 0 Å². The zero-order valence-electron chi connectivity index (χ0n) is 10.5. The summed E-state index contributed by atoms with van der Waals surface area (Å²) in [4.78, 5) is 10.8. The van der Waals surface area contributed by atoms with E-state index in [0.29, 0.717) is 11.6 Å². The zero-order valence-corrected chi connectivity index (χ0v) is 10.5. The fraction of sp³-hybridized carbons (Fsp3) is 0.0714. The lowest BCUT2D eigenvalue weighted by Crippen LogP contribution is -2.07. The van der Waals surface area contributed by atoms with Gasteiger partial charge in [-0.2, -0.15) is 0 Å². The molecule has 0 atom stereocenters. The second-order valence-electron chi connectivity index (χ2n) is 4.22. The van der Waals surface area contributed by atoms with Crippen molar-refractivity contribution in [2.24, 2.45) is 0 Å². The summed E-state index contributed by atoms with van der Waals surface area (Å²) < 4.78 is 52.5. The number of aromatic carboxylic acids is 1. The third-order valence-corrected chi connectivity index (χ3v) is 2.75. The molecular weight excluding hydrogens is 290 g/mol. The highest BCUT2D eigenvalue weighted by Crippen LogP contribution is 2.20. The van der Waals surface area contributed by atoms with Gasteiger partial charge >= 0.3 is 5.97 Å². The van der Waals surface area contributed by atoms with E-state index in [1.807, 2.05) is 0 Å². The van der Waals surface area contributed by atoms with Gasteiger partial charge in [0.25, 0.3) is 0 Å². The minimum Gasteiger partial charge on any atom is -0.478 e. The van der Waals surface area contributed by atoms with Crippen LogP contribution in [-0.4, -0.2) is 11.1 Å². The van der Waals surface area contributed by atoms with E-state index >= 15 is 0 Å². The number of carboxylic acid groups (broad SMARTS) is 1. The van der Waals surface area contributed by atoms with Crippen molar-refractivity contribution in [3.63, 3.8) is 0 Å². The Kier molecular flexibility index (Phi) is 4.11. The molecule has 0 radical (unpaired) electrons. The average molecular weight is 299 g/mol. The van der Waals surface area contributed by atoms with Crippen LogP contribution in [0, 0.1) is 23.3 Å². The van der Waals surface area contributed by atoms with Gasteiger partial charge in [-0.3, -0.25) is 0 Å². The van der Waals surface area contributed by atoms with E-state index < -0.39 is 34.8 Å². The summed E-state index contributed by atoms with van der Waals surface area (Å²) in [5, 5.41) is 11.3. The molecule has 0 aliphatic heterocycles. The predicted octanol–water partition coefficient (Wildman–Crippen LogP) is 3.55. The van der Waals surface area contributed by atoms with E-state index in [1.54, 1.807) is 0 Å². The van der Waals surface area contributed by atoms with Crippen molar-refractivity contribution < 1.29 is 27.5 Å². The lowest BCUT2D eigenvalue weighted by Gasteiger charge is -2.09. The number of anilines is 1. The first-order chi connectivity index (χ1) is 9.88. The molecule has 0 bridgehead atoms. The maximum absolute atomic E-state index is 13.5. The number of halogens is 4. The van der Waals surface area contributed by atoms with Crippen LogP contribution in [0.4, 0.5) is 23.2 Å². The number of carboxylic acids is 1. The van der Waals surface area contributed by atoms with Gasteiger partial charge in [-0.25, -0.2) is 22.4 Å². The highest BCUT2D eigenvalue weighted by Gasteiger charge is 2.15. The van der Waals surface area contributed by atoms with Gasteiger partial charge in [0.1, 0.15) is 11.6 Å². The lowest BCUT2D eigenvalue weighted by molar-refractivity contribution is 0.0692. The van der Waals surface area contributed by atoms with Crippen LogP contribution in [0.3, 0.4) is 0 Å². The minimum atomic E-state index is -1.54. The molecule has 0 aromatic heterocycles. The van der Waals surface area contributed by atoms with Crippen LogP contribution in [0.5, 0.6) is 0 Å². The molecule has 0 spiro atoms. The van der Waals surface area contributed by atoms with Crippen molar-refractivity contribution in [3.8, 4) is 0 Å². The molecule has 0 aliphatic rings. The topological polar surface area (TPSA) is 49.3 Å². The Morgan fingerprint density at radius 2 is 1.67 bits per heavy atom. The second kappa shape index (κ2) is 5.82. The smallest absolute Gasteiger partial charge is 0.338 e. The first-order valence-corrected chi connectivity index (χ1v) is 5.78. The predicted molar refractivity (Wildman–Crippen MR) is 67.0 cm³/mol. The molecular formula is C14H9F4NO2. The van der Waals surface area contributed by atoms with E-state index in [9.17, 15) is 22.4 Å². The molecule has 2 rings (SSSR count). The lowest BCUT2D eigenvalue weighted by atomic mass is 10.1. The Hall–Kier alpha value is -2.57. The van der Waals surface area contributed by atoms with Crippen molar-refractivity contribution in [1.29, 1.82) is 0 Å². The fourth-order valence-electron chi connectivity index (χ4n) is 1.70. The van der Waals surface area contributed by atoms with E-state index in [0.717, 1.165) is 18.2 Å². The maximum Gasteiger partial charge on any atom is 0.338 e. The maximum atomic E-state index is 13.5. The molecule has 0 aliphatic carbocycles. The molecule has 2 N–H and O–H groups in total. The number of rotatable bonds is 4. The summed E-state index contributed by atoms with van der Waals surface area (Å²) in [5.41, 5.74) is -0.628. The number of benzene rings is 2. The summed E-state index contributed by atoms with van der Waals surface area (Å²) in [6, 6.07) is 4.35. The standard InChI is InChI=1S/C14H9F4NO2/c15-9-2-1-7(3-11(9)17)6-19-13-4-8(14(20)21)10(16)5-12(13)18/h1-5,19H,6H2,(H,20,21). The average Bonchev–Trinajstić information content (AvgIpc) is 2.41. The SMILES string of the molecule is O=C(O)c1cc(NCc2ccc(F)c(F)c2)c(F)cc1F. The zero-order chi connectivity index (χ0) is 15.6. The van der Waals surface area contributed by atoms with Crippen molar-refractivity contribution in [1.82, 2.24) is 0 Å². The van der Waals surface area contributed by atoms with Crippen molar-refractivity contribution in [2.45, 2.75) is 6.54 Å². The molecule has 2 aromatic carbocycles. The first-order valence-electron chi connectivity index (χ1n) is 5.78. The van der Waals surface area contributed by atoms with Crippen LogP contribution < -0.4 is 5.32 Å². The van der Waals surface area contributed by atoms with E-state index in [4.69, 9.17) is 5.11 Å². The van der Waals surface area contributed by atoms with Gasteiger partial charge < -0.3 is 10.4 Å². The number of hydrogen-bond acceptors (Lipinski definition) is 2. The molecule has 2 aromatic rings. The molecule has 0 saturated heterocycles.